The summed E-state index contributed by atoms with van der Waals surface area (Å²) >= 11 is 0. The highest BCUT2D eigenvalue weighted by molar-refractivity contribution is 5.88. The lowest BCUT2D eigenvalue weighted by Gasteiger charge is -2.40. The summed E-state index contributed by atoms with van der Waals surface area (Å²) in [6.07, 6.45) is -0.405. The number of amides is 1. The molecular weight excluding hydrogens is 302 g/mol. The number of ether oxygens (including phenoxy) is 1. The van der Waals surface area contributed by atoms with E-state index in [0.29, 0.717) is 0 Å². The van der Waals surface area contributed by atoms with Gasteiger partial charge in [0, 0.05) is 6.08 Å². The van der Waals surface area contributed by atoms with Crippen molar-refractivity contribution in [3.05, 3.63) is 23.3 Å². The summed E-state index contributed by atoms with van der Waals surface area (Å²) in [5, 5.41) is 40.9. The molecule has 5 N–H and O–H groups in total. The van der Waals surface area contributed by atoms with Crippen LogP contribution in [0.1, 0.15) is 33.6 Å². The first-order chi connectivity index (χ1) is 10.8. The molecule has 5 atom stereocenters. The van der Waals surface area contributed by atoms with E-state index in [1.54, 1.807) is 0 Å². The summed E-state index contributed by atoms with van der Waals surface area (Å²) in [4.78, 5) is 12.0. The van der Waals surface area contributed by atoms with E-state index in [-0.39, 0.29) is 0 Å². The van der Waals surface area contributed by atoms with Crippen LogP contribution in [0.2, 0.25) is 0 Å². The van der Waals surface area contributed by atoms with Gasteiger partial charge < -0.3 is 30.5 Å². The Labute approximate surface area is 136 Å². The van der Waals surface area contributed by atoms with Gasteiger partial charge in [0.2, 0.25) is 5.91 Å². The van der Waals surface area contributed by atoms with E-state index in [2.05, 4.69) is 11.4 Å². The van der Waals surface area contributed by atoms with Gasteiger partial charge in [-0.05, 0) is 33.6 Å². The fourth-order valence-electron chi connectivity index (χ4n) is 2.34. The number of allylic oxidation sites excluding steroid dienone is 3. The standard InChI is InChI=1S/C16H27NO6/c1-9(2)5-4-6-10(3)7-12(19)17-13-15(21)14(20)11(8-18)23-16(13)22/h5,7,11,13-16,18,20-22H,4,6,8H2,1-3H3,(H,17,19)/b10-7-/t11-,13-,14-,15-,16+/m1/s1. The Morgan fingerprint density at radius 3 is 2.39 bits per heavy atom. The molecule has 0 bridgehead atoms. The third-order valence-corrected chi connectivity index (χ3v) is 3.68. The van der Waals surface area contributed by atoms with Crippen LogP contribution in [0.5, 0.6) is 0 Å². The highest BCUT2D eigenvalue weighted by Crippen LogP contribution is 2.19. The minimum absolute atomic E-state index is 0.485. The summed E-state index contributed by atoms with van der Waals surface area (Å²) < 4.78 is 4.98. The van der Waals surface area contributed by atoms with Crippen LogP contribution in [0.3, 0.4) is 0 Å². The maximum Gasteiger partial charge on any atom is 0.244 e. The van der Waals surface area contributed by atoms with Crippen LogP contribution in [0.4, 0.5) is 0 Å². The number of aliphatic hydroxyl groups is 4. The summed E-state index contributed by atoms with van der Waals surface area (Å²) in [6, 6.07) is -1.16. The number of hydrogen-bond acceptors (Lipinski definition) is 6. The predicted octanol–water partition coefficient (Wildman–Crippen LogP) is -0.405. The van der Waals surface area contributed by atoms with Crippen molar-refractivity contribution in [1.82, 2.24) is 5.32 Å². The molecule has 0 aromatic rings. The Bertz CT molecular complexity index is 457. The van der Waals surface area contributed by atoms with Crippen molar-refractivity contribution >= 4 is 5.91 Å². The second kappa shape index (κ2) is 9.14. The smallest absolute Gasteiger partial charge is 0.244 e. The van der Waals surface area contributed by atoms with Gasteiger partial charge in [-0.1, -0.05) is 17.2 Å². The van der Waals surface area contributed by atoms with Crippen molar-refractivity contribution in [3.8, 4) is 0 Å². The summed E-state index contributed by atoms with van der Waals surface area (Å²) in [5.74, 6) is -0.485. The topological polar surface area (TPSA) is 119 Å². The van der Waals surface area contributed by atoms with Crippen molar-refractivity contribution < 1.29 is 30.0 Å². The van der Waals surface area contributed by atoms with E-state index >= 15 is 0 Å². The first kappa shape index (κ1) is 19.8. The molecule has 132 valence electrons. The molecule has 0 aromatic carbocycles. The Balaban J connectivity index is 2.60. The van der Waals surface area contributed by atoms with Gasteiger partial charge >= 0.3 is 0 Å². The van der Waals surface area contributed by atoms with E-state index in [4.69, 9.17) is 9.84 Å². The Morgan fingerprint density at radius 1 is 1.17 bits per heavy atom. The van der Waals surface area contributed by atoms with Gasteiger partial charge in [0.1, 0.15) is 24.4 Å². The SMILES string of the molecule is CC(C)=CCC/C(C)=C\C(=O)N[C@@H]1[C@@H](O)[C@H](O)[C@@H](CO)O[C@@H]1O. The molecule has 7 nitrogen and oxygen atoms in total. The van der Waals surface area contributed by atoms with E-state index in [0.717, 1.165) is 18.4 Å². The van der Waals surface area contributed by atoms with Crippen LogP contribution in [-0.4, -0.2) is 63.6 Å². The minimum atomic E-state index is -1.51. The number of rotatable bonds is 6. The first-order valence-corrected chi connectivity index (χ1v) is 7.67. The van der Waals surface area contributed by atoms with E-state index in [9.17, 15) is 20.1 Å². The molecule has 0 radical (unpaired) electrons. The normalized spacial score (nSPS) is 31.6. The highest BCUT2D eigenvalue weighted by atomic mass is 16.6. The van der Waals surface area contributed by atoms with Crippen molar-refractivity contribution in [1.29, 1.82) is 0 Å². The third-order valence-electron chi connectivity index (χ3n) is 3.68. The molecule has 0 aliphatic carbocycles. The molecule has 0 aromatic heterocycles. The molecular formula is C16H27NO6. The monoisotopic (exact) mass is 329 g/mol. The lowest BCUT2D eigenvalue weighted by molar-refractivity contribution is -0.253. The molecule has 1 fully saturated rings. The zero-order chi connectivity index (χ0) is 17.6. The average Bonchev–Trinajstić information content (AvgIpc) is 2.46. The van der Waals surface area contributed by atoms with Crippen LogP contribution in [0, 0.1) is 0 Å². The fourth-order valence-corrected chi connectivity index (χ4v) is 2.34. The Morgan fingerprint density at radius 2 is 1.83 bits per heavy atom. The van der Waals surface area contributed by atoms with Gasteiger partial charge in [-0.15, -0.1) is 0 Å². The maximum absolute atomic E-state index is 12.0. The zero-order valence-electron chi connectivity index (χ0n) is 13.8. The first-order valence-electron chi connectivity index (χ1n) is 7.67. The molecule has 0 saturated carbocycles. The predicted molar refractivity (Wildman–Crippen MR) is 84.3 cm³/mol. The third kappa shape index (κ3) is 6.04. The zero-order valence-corrected chi connectivity index (χ0v) is 13.8. The number of nitrogens with one attached hydrogen (secondary N) is 1. The van der Waals surface area contributed by atoms with Gasteiger partial charge in [0.25, 0.3) is 0 Å². The minimum Gasteiger partial charge on any atom is -0.394 e. The van der Waals surface area contributed by atoms with Crippen LogP contribution < -0.4 is 5.32 Å². The molecule has 7 heteroatoms. The molecule has 1 amide bonds. The van der Waals surface area contributed by atoms with Gasteiger partial charge in [0.15, 0.2) is 6.29 Å². The van der Waals surface area contributed by atoms with Gasteiger partial charge in [-0.25, -0.2) is 0 Å². The molecule has 1 heterocycles. The van der Waals surface area contributed by atoms with Crippen LogP contribution in [0.15, 0.2) is 23.3 Å². The molecule has 1 rings (SSSR count). The molecule has 1 aliphatic heterocycles. The van der Waals surface area contributed by atoms with Gasteiger partial charge in [0.05, 0.1) is 6.61 Å². The van der Waals surface area contributed by atoms with Crippen LogP contribution in [0.25, 0.3) is 0 Å². The Hall–Kier alpha value is -1.25. The summed E-state index contributed by atoms with van der Waals surface area (Å²) in [7, 11) is 0. The molecule has 0 spiro atoms. The van der Waals surface area contributed by atoms with Gasteiger partial charge in [-0.3, -0.25) is 4.79 Å². The molecule has 23 heavy (non-hydrogen) atoms. The summed E-state index contributed by atoms with van der Waals surface area (Å²) in [6.45, 7) is 5.28. The lowest BCUT2D eigenvalue weighted by atomic mass is 9.97. The number of carbonyl (C=O) groups is 1. The maximum atomic E-state index is 12.0. The van der Waals surface area contributed by atoms with Crippen molar-refractivity contribution in [2.45, 2.75) is 64.3 Å². The largest absolute Gasteiger partial charge is 0.394 e. The van der Waals surface area contributed by atoms with Crippen molar-refractivity contribution in [2.75, 3.05) is 6.61 Å². The van der Waals surface area contributed by atoms with E-state index < -0.39 is 43.2 Å². The quantitative estimate of drug-likeness (QED) is 0.334. The number of hydrogen-bond donors (Lipinski definition) is 5. The highest BCUT2D eigenvalue weighted by Gasteiger charge is 2.44. The van der Waals surface area contributed by atoms with Gasteiger partial charge in [-0.2, -0.15) is 0 Å². The van der Waals surface area contributed by atoms with Crippen molar-refractivity contribution in [2.24, 2.45) is 0 Å². The second-order valence-electron chi connectivity index (χ2n) is 6.07. The average molecular weight is 329 g/mol. The van der Waals surface area contributed by atoms with Crippen LogP contribution in [-0.2, 0) is 9.53 Å². The number of aliphatic hydroxyl groups excluding tert-OH is 4. The molecule has 1 aliphatic rings. The Kier molecular flexibility index (Phi) is 7.87. The van der Waals surface area contributed by atoms with E-state index in [1.807, 2.05) is 20.8 Å². The second-order valence-corrected chi connectivity index (χ2v) is 6.07. The van der Waals surface area contributed by atoms with E-state index in [1.165, 1.54) is 11.6 Å². The summed E-state index contributed by atoms with van der Waals surface area (Å²) in [5.41, 5.74) is 2.06. The molecule has 1 saturated heterocycles. The fraction of sp³-hybridized carbons (Fsp3) is 0.688. The van der Waals surface area contributed by atoms with Crippen molar-refractivity contribution in [3.63, 3.8) is 0 Å². The number of carbonyl (C=O) groups excluding carboxylic acids is 1. The lowest BCUT2D eigenvalue weighted by Crippen LogP contribution is -2.64. The van der Waals surface area contributed by atoms with Crippen LogP contribution >= 0.6 is 0 Å². The molecule has 0 unspecified atom stereocenters.